The third-order valence-corrected chi connectivity index (χ3v) is 7.15. The molecule has 8 nitrogen and oxygen atoms in total. The molecule has 0 spiro atoms. The number of cyclic esters (lactones) is 1. The Bertz CT molecular complexity index is 938. The molecule has 0 bridgehead atoms. The number of esters is 1. The zero-order valence-corrected chi connectivity index (χ0v) is 19.9. The van der Waals surface area contributed by atoms with Gasteiger partial charge in [0.15, 0.2) is 12.2 Å². The molecule has 0 saturated carbocycles. The lowest BCUT2D eigenvalue weighted by Crippen LogP contribution is -2.38. The number of ether oxygens (including phenoxy) is 3. The van der Waals surface area contributed by atoms with Crippen LogP contribution in [-0.2, 0) is 33.3 Å². The summed E-state index contributed by atoms with van der Waals surface area (Å²) in [5.41, 5.74) is 0.920. The van der Waals surface area contributed by atoms with Gasteiger partial charge in [-0.15, -0.1) is 0 Å². The predicted octanol–water partition coefficient (Wildman–Crippen LogP) is 4.60. The molecule has 33 heavy (non-hydrogen) atoms. The maximum absolute atomic E-state index is 12.9. The molecule has 182 valence electrons. The van der Waals surface area contributed by atoms with Gasteiger partial charge in [-0.25, -0.2) is 9.59 Å². The molecule has 4 atom stereocenters. The van der Waals surface area contributed by atoms with Crippen LogP contribution < -0.4 is 0 Å². The van der Waals surface area contributed by atoms with Gasteiger partial charge in [-0.2, -0.15) is 8.42 Å². The molecule has 0 amide bonds. The number of hydrogen-bond donors (Lipinski definition) is 0. The van der Waals surface area contributed by atoms with E-state index >= 15 is 0 Å². The van der Waals surface area contributed by atoms with Crippen LogP contribution in [0.2, 0.25) is 0 Å². The van der Waals surface area contributed by atoms with E-state index in [1.807, 2.05) is 13.8 Å². The first-order chi connectivity index (χ1) is 15.7. The molecular weight excluding hydrogens is 448 g/mol. The number of hydrogen-bond acceptors (Lipinski definition) is 8. The number of fused-ring (bicyclic) bond motifs is 1. The van der Waals surface area contributed by atoms with E-state index in [0.717, 1.165) is 44.1 Å². The molecule has 1 aromatic rings. The van der Waals surface area contributed by atoms with Crippen LogP contribution in [-0.4, -0.2) is 45.0 Å². The third kappa shape index (κ3) is 7.57. The Balaban J connectivity index is 1.82. The summed E-state index contributed by atoms with van der Waals surface area (Å²) in [6.45, 7) is 3.70. The van der Waals surface area contributed by atoms with Crippen LogP contribution in [0, 0.1) is 6.92 Å². The van der Waals surface area contributed by atoms with Crippen molar-refractivity contribution in [3.8, 4) is 0 Å². The van der Waals surface area contributed by atoms with Crippen LogP contribution >= 0.6 is 0 Å². The van der Waals surface area contributed by atoms with Gasteiger partial charge in [0, 0.05) is 6.08 Å². The Morgan fingerprint density at radius 2 is 1.52 bits per heavy atom. The highest BCUT2D eigenvalue weighted by Crippen LogP contribution is 2.28. The van der Waals surface area contributed by atoms with E-state index < -0.39 is 40.6 Å². The highest BCUT2D eigenvalue weighted by atomic mass is 32.2. The Morgan fingerprint density at radius 3 is 2.21 bits per heavy atom. The quantitative estimate of drug-likeness (QED) is 0.457. The minimum Gasteiger partial charge on any atom is -0.460 e. The number of aryl methyl sites for hydroxylation is 1. The van der Waals surface area contributed by atoms with Gasteiger partial charge in [0.05, 0.1) is 11.0 Å². The highest BCUT2D eigenvalue weighted by Gasteiger charge is 2.43. The number of carbonyl (C=O) groups is 2. The van der Waals surface area contributed by atoms with Crippen molar-refractivity contribution in [1.29, 1.82) is 0 Å². The molecule has 0 aliphatic carbocycles. The van der Waals surface area contributed by atoms with Gasteiger partial charge < -0.3 is 14.2 Å². The second-order valence-electron chi connectivity index (χ2n) is 8.62. The highest BCUT2D eigenvalue weighted by molar-refractivity contribution is 7.86. The summed E-state index contributed by atoms with van der Waals surface area (Å²) in [5, 5.41) is 0. The summed E-state index contributed by atoms with van der Waals surface area (Å²) in [6, 6.07) is 6.33. The van der Waals surface area contributed by atoms with Gasteiger partial charge in [0.1, 0.15) is 6.10 Å². The SMILES string of the molecule is Cc1ccc(S(=O)(=O)O[C@H]2CCCCCCCC[C@@H](C)OC(=O)/C=C/[C@H]3OC(=O)O[C@@H]23)cc1. The summed E-state index contributed by atoms with van der Waals surface area (Å²) in [7, 11) is -4.10. The van der Waals surface area contributed by atoms with E-state index in [-0.39, 0.29) is 11.0 Å². The lowest BCUT2D eigenvalue weighted by Gasteiger charge is -2.24. The summed E-state index contributed by atoms with van der Waals surface area (Å²) in [4.78, 5) is 24.1. The molecule has 0 unspecified atom stereocenters. The van der Waals surface area contributed by atoms with Crippen molar-refractivity contribution in [2.75, 3.05) is 0 Å². The van der Waals surface area contributed by atoms with Gasteiger partial charge in [-0.1, -0.05) is 49.8 Å². The maximum atomic E-state index is 12.9. The van der Waals surface area contributed by atoms with Gasteiger partial charge >= 0.3 is 12.1 Å². The molecule has 2 aliphatic rings. The average Bonchev–Trinajstić information content (AvgIpc) is 3.13. The monoisotopic (exact) mass is 480 g/mol. The molecule has 2 aliphatic heterocycles. The average molecular weight is 481 g/mol. The summed E-state index contributed by atoms with van der Waals surface area (Å²) >= 11 is 0. The van der Waals surface area contributed by atoms with E-state index in [0.29, 0.717) is 12.8 Å². The largest absolute Gasteiger partial charge is 0.509 e. The first-order valence-electron chi connectivity index (χ1n) is 11.5. The Labute approximate surface area is 195 Å². The van der Waals surface area contributed by atoms with Crippen LogP contribution in [0.15, 0.2) is 41.3 Å². The van der Waals surface area contributed by atoms with Crippen LogP contribution in [0.1, 0.15) is 63.9 Å². The summed E-state index contributed by atoms with van der Waals surface area (Å²) in [5.74, 6) is -0.555. The van der Waals surface area contributed by atoms with Crippen molar-refractivity contribution < 1.29 is 36.4 Å². The topological polar surface area (TPSA) is 105 Å². The van der Waals surface area contributed by atoms with Crippen molar-refractivity contribution in [3.05, 3.63) is 42.0 Å². The van der Waals surface area contributed by atoms with Crippen LogP contribution in [0.25, 0.3) is 0 Å². The number of carbonyl (C=O) groups excluding carboxylic acids is 2. The Morgan fingerprint density at radius 1 is 0.879 bits per heavy atom. The molecule has 1 saturated heterocycles. The minimum absolute atomic E-state index is 0.0233. The van der Waals surface area contributed by atoms with Crippen molar-refractivity contribution in [2.45, 2.75) is 94.5 Å². The van der Waals surface area contributed by atoms with Crippen molar-refractivity contribution >= 4 is 22.2 Å². The summed E-state index contributed by atoms with van der Waals surface area (Å²) < 4.78 is 47.3. The van der Waals surface area contributed by atoms with Crippen LogP contribution in [0.5, 0.6) is 0 Å². The fraction of sp³-hybridized carbons (Fsp3) is 0.583. The number of benzene rings is 1. The van der Waals surface area contributed by atoms with E-state index in [9.17, 15) is 18.0 Å². The minimum atomic E-state index is -4.10. The smallest absolute Gasteiger partial charge is 0.460 e. The fourth-order valence-electron chi connectivity index (χ4n) is 3.97. The van der Waals surface area contributed by atoms with E-state index in [1.165, 1.54) is 24.3 Å². The standard InChI is InChI=1S/C24H32O8S/c1-17-11-13-19(14-12-17)33(27,28)32-21-10-8-6-4-3-5-7-9-18(2)29-22(25)16-15-20-23(21)31-24(26)30-20/h11-16,18,20-21,23H,3-10H2,1-2H3/b16-15+/t18-,20-,21+,23-/m1/s1. The molecule has 0 N–H and O–H groups in total. The lowest BCUT2D eigenvalue weighted by molar-refractivity contribution is -0.142. The first-order valence-corrected chi connectivity index (χ1v) is 12.9. The molecule has 9 heteroatoms. The fourth-order valence-corrected chi connectivity index (χ4v) is 5.08. The van der Waals surface area contributed by atoms with Crippen molar-refractivity contribution in [2.24, 2.45) is 0 Å². The van der Waals surface area contributed by atoms with E-state index in [2.05, 4.69) is 0 Å². The predicted molar refractivity (Wildman–Crippen MR) is 120 cm³/mol. The first kappa shape index (κ1) is 25.2. The van der Waals surface area contributed by atoms with Crippen molar-refractivity contribution in [1.82, 2.24) is 0 Å². The molecule has 1 aromatic carbocycles. The zero-order valence-electron chi connectivity index (χ0n) is 19.1. The Kier molecular flexibility index (Phi) is 8.91. The molecule has 1 fully saturated rings. The second-order valence-corrected chi connectivity index (χ2v) is 10.2. The Hall–Kier alpha value is -2.39. The summed E-state index contributed by atoms with van der Waals surface area (Å²) in [6.07, 6.45) is 5.26. The maximum Gasteiger partial charge on any atom is 0.509 e. The van der Waals surface area contributed by atoms with Crippen LogP contribution in [0.4, 0.5) is 4.79 Å². The third-order valence-electron chi connectivity index (χ3n) is 5.80. The van der Waals surface area contributed by atoms with Gasteiger partial charge in [-0.3, -0.25) is 4.18 Å². The second kappa shape index (κ2) is 11.7. The van der Waals surface area contributed by atoms with Gasteiger partial charge in [-0.05, 0) is 51.3 Å². The van der Waals surface area contributed by atoms with Gasteiger partial charge in [0.25, 0.3) is 10.1 Å². The zero-order chi connectivity index (χ0) is 23.8. The van der Waals surface area contributed by atoms with E-state index in [1.54, 1.807) is 12.1 Å². The van der Waals surface area contributed by atoms with E-state index in [4.69, 9.17) is 18.4 Å². The molecule has 2 heterocycles. The normalized spacial score (nSPS) is 28.8. The molecular formula is C24H32O8S. The van der Waals surface area contributed by atoms with Gasteiger partial charge in [0.2, 0.25) is 0 Å². The molecule has 0 radical (unpaired) electrons. The molecule has 3 rings (SSSR count). The molecule has 0 aromatic heterocycles. The lowest BCUT2D eigenvalue weighted by atomic mass is 10.00. The van der Waals surface area contributed by atoms with Crippen LogP contribution in [0.3, 0.4) is 0 Å². The van der Waals surface area contributed by atoms with Crippen molar-refractivity contribution in [3.63, 3.8) is 0 Å². The number of rotatable bonds is 3.